The van der Waals surface area contributed by atoms with E-state index < -0.39 is 5.41 Å². The van der Waals surface area contributed by atoms with Crippen molar-refractivity contribution >= 4 is 22.7 Å². The Morgan fingerprint density at radius 2 is 0.867 bits per heavy atom. The molecular formula is C56H35N3S. The molecule has 2 aliphatic rings. The third-order valence-electron chi connectivity index (χ3n) is 12.2. The molecule has 0 fully saturated rings. The Kier molecular flexibility index (Phi) is 8.00. The van der Waals surface area contributed by atoms with Gasteiger partial charge in [-0.15, -0.1) is 0 Å². The Bertz CT molecular complexity index is 3180. The molecule has 3 nitrogen and oxygen atoms in total. The molecule has 0 radical (unpaired) electrons. The fourth-order valence-electron chi connectivity index (χ4n) is 9.49. The van der Waals surface area contributed by atoms with E-state index in [1.807, 2.05) is 48.3 Å². The van der Waals surface area contributed by atoms with Gasteiger partial charge in [0.1, 0.15) is 0 Å². The van der Waals surface area contributed by atoms with Gasteiger partial charge in [0.2, 0.25) is 0 Å². The van der Waals surface area contributed by atoms with E-state index in [0.29, 0.717) is 5.82 Å². The molecule has 0 saturated heterocycles. The van der Waals surface area contributed by atoms with E-state index in [4.69, 9.17) is 15.0 Å². The summed E-state index contributed by atoms with van der Waals surface area (Å²) < 4.78 is 0. The zero-order chi connectivity index (χ0) is 39.6. The lowest BCUT2D eigenvalue weighted by molar-refractivity contribution is 0.723. The van der Waals surface area contributed by atoms with Gasteiger partial charge >= 0.3 is 0 Å². The number of para-hydroxylation sites is 1. The van der Waals surface area contributed by atoms with E-state index >= 15 is 0 Å². The van der Waals surface area contributed by atoms with Gasteiger partial charge in [0, 0.05) is 43.6 Å². The van der Waals surface area contributed by atoms with Gasteiger partial charge in [-0.2, -0.15) is 0 Å². The largest absolute Gasteiger partial charge is 0.256 e. The van der Waals surface area contributed by atoms with Gasteiger partial charge in [0.25, 0.3) is 0 Å². The first-order valence-corrected chi connectivity index (χ1v) is 21.2. The molecule has 1 spiro atoms. The molecule has 1 aliphatic heterocycles. The SMILES string of the molecule is c1ccc(-c2cc(-c3ccc(-c4ccc5c(c4)C4(c6cc(-c7cccc8cccnc78)ccc6S5)c5ccccc5-c5ccccc54)cc3)nc(-c3ccccc3)n2)cc1. The van der Waals surface area contributed by atoms with Crippen LogP contribution in [0.4, 0.5) is 0 Å². The van der Waals surface area contributed by atoms with Crippen LogP contribution in [-0.4, -0.2) is 15.0 Å². The van der Waals surface area contributed by atoms with E-state index in [-0.39, 0.29) is 0 Å². The summed E-state index contributed by atoms with van der Waals surface area (Å²) in [5, 5.41) is 1.14. The van der Waals surface area contributed by atoms with E-state index in [1.54, 1.807) is 0 Å². The molecule has 280 valence electrons. The van der Waals surface area contributed by atoms with Gasteiger partial charge in [-0.1, -0.05) is 182 Å². The average Bonchev–Trinajstić information content (AvgIpc) is 3.62. The molecular weight excluding hydrogens is 747 g/mol. The van der Waals surface area contributed by atoms with E-state index in [0.717, 1.165) is 50.1 Å². The van der Waals surface area contributed by atoms with E-state index in [9.17, 15) is 0 Å². The average molecular weight is 782 g/mol. The van der Waals surface area contributed by atoms with Crippen molar-refractivity contribution in [3.8, 4) is 67.3 Å². The highest BCUT2D eigenvalue weighted by Crippen LogP contribution is 2.63. The summed E-state index contributed by atoms with van der Waals surface area (Å²) >= 11 is 1.87. The zero-order valence-electron chi connectivity index (χ0n) is 32.5. The molecule has 0 bridgehead atoms. The third kappa shape index (κ3) is 5.42. The van der Waals surface area contributed by atoms with Crippen molar-refractivity contribution in [3.63, 3.8) is 0 Å². The summed E-state index contributed by atoms with van der Waals surface area (Å²) in [5.41, 5.74) is 17.9. The predicted molar refractivity (Wildman–Crippen MR) is 246 cm³/mol. The van der Waals surface area contributed by atoms with Crippen LogP contribution in [0.1, 0.15) is 22.3 Å². The lowest BCUT2D eigenvalue weighted by atomic mass is 9.66. The second kappa shape index (κ2) is 13.9. The lowest BCUT2D eigenvalue weighted by Gasteiger charge is -2.40. The molecule has 0 atom stereocenters. The molecule has 2 aromatic heterocycles. The summed E-state index contributed by atoms with van der Waals surface area (Å²) in [5.74, 6) is 0.714. The fraction of sp³-hybridized carbons (Fsp3) is 0.0179. The van der Waals surface area contributed by atoms with Crippen LogP contribution in [0, 0.1) is 0 Å². The number of rotatable bonds is 5. The lowest BCUT2D eigenvalue weighted by Crippen LogP contribution is -2.32. The van der Waals surface area contributed by atoms with Crippen molar-refractivity contribution < 1.29 is 0 Å². The number of nitrogens with zero attached hydrogens (tertiary/aromatic N) is 3. The van der Waals surface area contributed by atoms with E-state index in [2.05, 4.69) is 176 Å². The first kappa shape index (κ1) is 34.6. The van der Waals surface area contributed by atoms with Crippen LogP contribution in [0.15, 0.2) is 222 Å². The molecule has 3 heterocycles. The number of fused-ring (bicyclic) bond motifs is 10. The summed E-state index contributed by atoms with van der Waals surface area (Å²) in [6.07, 6.45) is 1.90. The van der Waals surface area contributed by atoms with Gasteiger partial charge in [-0.05, 0) is 86.5 Å². The molecule has 60 heavy (non-hydrogen) atoms. The topological polar surface area (TPSA) is 38.7 Å². The van der Waals surface area contributed by atoms with Crippen molar-refractivity contribution in [3.05, 3.63) is 235 Å². The maximum atomic E-state index is 5.10. The smallest absolute Gasteiger partial charge is 0.160 e. The molecule has 0 amide bonds. The molecule has 10 aromatic rings. The minimum absolute atomic E-state index is 0.518. The van der Waals surface area contributed by atoms with Gasteiger partial charge < -0.3 is 0 Å². The summed E-state index contributed by atoms with van der Waals surface area (Å²) in [6.45, 7) is 0. The normalized spacial score (nSPS) is 13.1. The Morgan fingerprint density at radius 3 is 1.55 bits per heavy atom. The van der Waals surface area contributed by atoms with Crippen LogP contribution < -0.4 is 0 Å². The predicted octanol–water partition coefficient (Wildman–Crippen LogP) is 14.2. The molecule has 8 aromatic carbocycles. The molecule has 1 aliphatic carbocycles. The Morgan fingerprint density at radius 1 is 0.350 bits per heavy atom. The molecule has 0 saturated carbocycles. The Labute approximate surface area is 353 Å². The Balaban J connectivity index is 1.02. The number of pyridine rings is 1. The van der Waals surface area contributed by atoms with Gasteiger partial charge in [0.05, 0.1) is 22.3 Å². The number of aromatic nitrogens is 3. The van der Waals surface area contributed by atoms with Crippen LogP contribution in [0.5, 0.6) is 0 Å². The van der Waals surface area contributed by atoms with Crippen molar-refractivity contribution in [2.75, 3.05) is 0 Å². The highest BCUT2D eigenvalue weighted by atomic mass is 32.2. The van der Waals surface area contributed by atoms with Crippen LogP contribution in [0.3, 0.4) is 0 Å². The van der Waals surface area contributed by atoms with Crippen LogP contribution in [0.2, 0.25) is 0 Å². The maximum Gasteiger partial charge on any atom is 0.160 e. The minimum Gasteiger partial charge on any atom is -0.256 e. The van der Waals surface area contributed by atoms with Crippen molar-refractivity contribution in [1.29, 1.82) is 0 Å². The van der Waals surface area contributed by atoms with Crippen molar-refractivity contribution in [2.45, 2.75) is 15.2 Å². The number of hydrogen-bond donors (Lipinski definition) is 0. The zero-order valence-corrected chi connectivity index (χ0v) is 33.3. The highest BCUT2D eigenvalue weighted by molar-refractivity contribution is 7.99. The maximum absolute atomic E-state index is 5.10. The summed E-state index contributed by atoms with van der Waals surface area (Å²) in [4.78, 5) is 17.5. The Hall–Kier alpha value is -7.40. The second-order valence-electron chi connectivity index (χ2n) is 15.5. The van der Waals surface area contributed by atoms with Gasteiger partial charge in [-0.25, -0.2) is 9.97 Å². The van der Waals surface area contributed by atoms with Crippen LogP contribution >= 0.6 is 11.8 Å². The number of hydrogen-bond acceptors (Lipinski definition) is 4. The highest BCUT2D eigenvalue weighted by Gasteiger charge is 2.50. The minimum atomic E-state index is -0.518. The fourth-order valence-corrected chi connectivity index (χ4v) is 10.6. The monoisotopic (exact) mass is 781 g/mol. The van der Waals surface area contributed by atoms with Crippen molar-refractivity contribution in [2.24, 2.45) is 0 Å². The van der Waals surface area contributed by atoms with Crippen LogP contribution in [0.25, 0.3) is 78.2 Å². The summed E-state index contributed by atoms with van der Waals surface area (Å²) in [6, 6.07) is 74.4. The molecule has 4 heteroatoms. The van der Waals surface area contributed by atoms with Crippen LogP contribution in [-0.2, 0) is 5.41 Å². The third-order valence-corrected chi connectivity index (χ3v) is 13.4. The first-order valence-electron chi connectivity index (χ1n) is 20.3. The van der Waals surface area contributed by atoms with Crippen molar-refractivity contribution in [1.82, 2.24) is 15.0 Å². The first-order chi connectivity index (χ1) is 29.7. The van der Waals surface area contributed by atoms with Gasteiger partial charge in [0.15, 0.2) is 5.82 Å². The molecule has 12 rings (SSSR count). The number of benzene rings is 8. The summed E-state index contributed by atoms with van der Waals surface area (Å²) in [7, 11) is 0. The van der Waals surface area contributed by atoms with Gasteiger partial charge in [-0.3, -0.25) is 4.98 Å². The second-order valence-corrected chi connectivity index (χ2v) is 16.6. The molecule has 0 unspecified atom stereocenters. The quantitative estimate of drug-likeness (QED) is 0.174. The molecule has 0 N–H and O–H groups in total. The van der Waals surface area contributed by atoms with E-state index in [1.165, 1.54) is 54.3 Å². The standard InChI is InChI=1S/C56H35N3S/c1-3-13-37(14-4-1)50-35-51(59-55(58-50)40-15-5-2-6-16-40)38-26-24-36(25-27-38)41-28-30-52-48(33-41)56(46-22-9-7-19-44(46)45-20-8-10-23-47(45)56)49-34-42(29-31-53(49)60-52)43-21-11-17-39-18-12-32-57-54(39)43/h1-35H.